The molecule has 106 valence electrons. The molecule has 0 spiro atoms. The van der Waals surface area contributed by atoms with Gasteiger partial charge in [0.05, 0.1) is 0 Å². The van der Waals surface area contributed by atoms with Crippen LogP contribution in [0.15, 0.2) is 64.2 Å². The van der Waals surface area contributed by atoms with Gasteiger partial charge in [0.15, 0.2) is 17.0 Å². The summed E-state index contributed by atoms with van der Waals surface area (Å²) < 4.78 is 5.84. The SMILES string of the molecule is O=Nc1c(O)c2ccccc2c2oc(-c3ccccc3)nc12. The van der Waals surface area contributed by atoms with Crippen molar-refractivity contribution >= 4 is 27.6 Å². The highest BCUT2D eigenvalue weighted by molar-refractivity contribution is 6.12. The Kier molecular flexibility index (Phi) is 2.66. The fraction of sp³-hybridized carbons (Fsp3) is 0. The van der Waals surface area contributed by atoms with Gasteiger partial charge in [0, 0.05) is 16.3 Å². The molecule has 0 aliphatic heterocycles. The molecule has 0 unspecified atom stereocenters. The third-order valence-corrected chi connectivity index (χ3v) is 3.61. The van der Waals surface area contributed by atoms with E-state index in [2.05, 4.69) is 10.2 Å². The lowest BCUT2D eigenvalue weighted by Gasteiger charge is -2.02. The number of phenols is 1. The van der Waals surface area contributed by atoms with Crippen LogP contribution >= 0.6 is 0 Å². The van der Waals surface area contributed by atoms with E-state index in [1.165, 1.54) is 0 Å². The Labute approximate surface area is 124 Å². The molecule has 0 atom stereocenters. The fourth-order valence-electron chi connectivity index (χ4n) is 2.58. The fourth-order valence-corrected chi connectivity index (χ4v) is 2.58. The molecule has 0 aliphatic rings. The van der Waals surface area contributed by atoms with Crippen LogP contribution in [0.5, 0.6) is 5.75 Å². The van der Waals surface area contributed by atoms with Crippen LogP contribution in [-0.4, -0.2) is 10.1 Å². The number of aromatic hydroxyl groups is 1. The van der Waals surface area contributed by atoms with E-state index >= 15 is 0 Å². The number of phenolic OH excluding ortho intramolecular Hbond substituents is 1. The van der Waals surface area contributed by atoms with Crippen molar-refractivity contribution in [1.29, 1.82) is 0 Å². The first-order valence-corrected chi connectivity index (χ1v) is 6.72. The summed E-state index contributed by atoms with van der Waals surface area (Å²) in [5.74, 6) is 0.210. The largest absolute Gasteiger partial charge is 0.505 e. The molecule has 1 aromatic heterocycles. The van der Waals surface area contributed by atoms with Crippen LogP contribution < -0.4 is 0 Å². The monoisotopic (exact) mass is 290 g/mol. The average molecular weight is 290 g/mol. The number of hydrogen-bond acceptors (Lipinski definition) is 5. The summed E-state index contributed by atoms with van der Waals surface area (Å²) in [4.78, 5) is 15.5. The van der Waals surface area contributed by atoms with Gasteiger partial charge in [0.2, 0.25) is 5.89 Å². The number of oxazole rings is 1. The van der Waals surface area contributed by atoms with Crippen molar-refractivity contribution in [2.24, 2.45) is 5.18 Å². The van der Waals surface area contributed by atoms with Crippen molar-refractivity contribution in [2.45, 2.75) is 0 Å². The molecule has 0 fully saturated rings. The minimum Gasteiger partial charge on any atom is -0.505 e. The number of benzene rings is 3. The van der Waals surface area contributed by atoms with Gasteiger partial charge in [-0.05, 0) is 17.3 Å². The van der Waals surface area contributed by atoms with Crippen LogP contribution in [0, 0.1) is 4.91 Å². The molecule has 1 N–H and O–H groups in total. The van der Waals surface area contributed by atoms with Gasteiger partial charge in [0.25, 0.3) is 0 Å². The Balaban J connectivity index is 2.15. The quantitative estimate of drug-likeness (QED) is 0.540. The van der Waals surface area contributed by atoms with Crippen LogP contribution in [0.3, 0.4) is 0 Å². The molecule has 0 saturated heterocycles. The number of nitroso groups, excluding NO2 is 1. The molecule has 22 heavy (non-hydrogen) atoms. The van der Waals surface area contributed by atoms with Gasteiger partial charge in [-0.1, -0.05) is 42.5 Å². The molecule has 1 heterocycles. The van der Waals surface area contributed by atoms with E-state index in [0.29, 0.717) is 22.2 Å². The topological polar surface area (TPSA) is 75.7 Å². The number of fused-ring (bicyclic) bond motifs is 3. The van der Waals surface area contributed by atoms with Gasteiger partial charge in [-0.2, -0.15) is 0 Å². The lowest BCUT2D eigenvalue weighted by atomic mass is 10.1. The van der Waals surface area contributed by atoms with Crippen LogP contribution in [-0.2, 0) is 0 Å². The van der Waals surface area contributed by atoms with Crippen molar-refractivity contribution in [3.8, 4) is 17.2 Å². The van der Waals surface area contributed by atoms with E-state index in [-0.39, 0.29) is 17.0 Å². The van der Waals surface area contributed by atoms with Gasteiger partial charge >= 0.3 is 0 Å². The summed E-state index contributed by atoms with van der Waals surface area (Å²) in [6.07, 6.45) is 0. The summed E-state index contributed by atoms with van der Waals surface area (Å²) in [7, 11) is 0. The van der Waals surface area contributed by atoms with Crippen molar-refractivity contribution in [1.82, 2.24) is 4.98 Å². The van der Waals surface area contributed by atoms with E-state index in [1.54, 1.807) is 12.1 Å². The van der Waals surface area contributed by atoms with Crippen molar-refractivity contribution < 1.29 is 9.52 Å². The highest BCUT2D eigenvalue weighted by Crippen LogP contribution is 2.43. The predicted molar refractivity (Wildman–Crippen MR) is 84.1 cm³/mol. The summed E-state index contributed by atoms with van der Waals surface area (Å²) in [6, 6.07) is 16.5. The first-order chi connectivity index (χ1) is 10.8. The van der Waals surface area contributed by atoms with Gasteiger partial charge in [-0.15, -0.1) is 4.91 Å². The Morgan fingerprint density at radius 1 is 0.955 bits per heavy atom. The third kappa shape index (κ3) is 1.69. The summed E-state index contributed by atoms with van der Waals surface area (Å²) in [5.41, 5.74) is 1.41. The third-order valence-electron chi connectivity index (χ3n) is 3.61. The number of aromatic nitrogens is 1. The summed E-state index contributed by atoms with van der Waals surface area (Å²) in [5, 5.41) is 14.4. The van der Waals surface area contributed by atoms with Crippen molar-refractivity contribution in [3.63, 3.8) is 0 Å². The normalized spacial score (nSPS) is 11.1. The van der Waals surface area contributed by atoms with Crippen LogP contribution in [0.2, 0.25) is 0 Å². The lowest BCUT2D eigenvalue weighted by molar-refractivity contribution is 0.483. The Bertz CT molecular complexity index is 1010. The second-order valence-corrected chi connectivity index (χ2v) is 4.90. The highest BCUT2D eigenvalue weighted by Gasteiger charge is 2.20. The zero-order chi connectivity index (χ0) is 15.1. The molecule has 0 saturated carbocycles. The maximum absolute atomic E-state index is 11.1. The molecule has 4 rings (SSSR count). The van der Waals surface area contributed by atoms with Crippen molar-refractivity contribution in [3.05, 3.63) is 59.5 Å². The molecule has 3 aromatic carbocycles. The maximum Gasteiger partial charge on any atom is 0.227 e. The first-order valence-electron chi connectivity index (χ1n) is 6.72. The summed E-state index contributed by atoms with van der Waals surface area (Å²) in [6.45, 7) is 0. The van der Waals surface area contributed by atoms with Gasteiger partial charge in [0.1, 0.15) is 5.52 Å². The molecule has 0 aliphatic carbocycles. The van der Waals surface area contributed by atoms with E-state index in [1.807, 2.05) is 42.5 Å². The number of hydrogen-bond donors (Lipinski definition) is 1. The van der Waals surface area contributed by atoms with E-state index < -0.39 is 0 Å². The van der Waals surface area contributed by atoms with E-state index in [9.17, 15) is 10.0 Å². The molecule has 0 bridgehead atoms. The van der Waals surface area contributed by atoms with E-state index in [4.69, 9.17) is 4.42 Å². The van der Waals surface area contributed by atoms with Crippen LogP contribution in [0.4, 0.5) is 5.69 Å². The molecule has 4 aromatic rings. The zero-order valence-corrected chi connectivity index (χ0v) is 11.4. The zero-order valence-electron chi connectivity index (χ0n) is 11.4. The Hall–Kier alpha value is -3.21. The second-order valence-electron chi connectivity index (χ2n) is 4.90. The van der Waals surface area contributed by atoms with Gasteiger partial charge < -0.3 is 9.52 Å². The predicted octanol–water partition coefficient (Wildman–Crippen LogP) is 4.75. The molecule has 0 radical (unpaired) electrons. The van der Waals surface area contributed by atoms with Crippen LogP contribution in [0.25, 0.3) is 33.3 Å². The van der Waals surface area contributed by atoms with Gasteiger partial charge in [-0.25, -0.2) is 4.98 Å². The van der Waals surface area contributed by atoms with Crippen LogP contribution in [0.1, 0.15) is 0 Å². The van der Waals surface area contributed by atoms with E-state index in [0.717, 1.165) is 5.56 Å². The standard InChI is InChI=1S/C17H10N2O3/c20-15-11-8-4-5-9-12(11)16-14(13(15)19-21)18-17(22-16)10-6-2-1-3-7-10/h1-9,20H. The number of nitrogens with zero attached hydrogens (tertiary/aromatic N) is 2. The minimum absolute atomic E-state index is 0.0976. The minimum atomic E-state index is -0.175. The average Bonchev–Trinajstić information content (AvgIpc) is 3.01. The number of rotatable bonds is 2. The smallest absolute Gasteiger partial charge is 0.227 e. The molecular formula is C17H10N2O3. The lowest BCUT2D eigenvalue weighted by Crippen LogP contribution is -1.79. The molecule has 5 heteroatoms. The highest BCUT2D eigenvalue weighted by atomic mass is 16.3. The first kappa shape index (κ1) is 12.5. The Morgan fingerprint density at radius 2 is 1.64 bits per heavy atom. The molecule has 5 nitrogen and oxygen atoms in total. The Morgan fingerprint density at radius 3 is 2.36 bits per heavy atom. The maximum atomic E-state index is 11.1. The molecule has 0 amide bonds. The van der Waals surface area contributed by atoms with Gasteiger partial charge in [-0.3, -0.25) is 0 Å². The second kappa shape index (κ2) is 4.66. The summed E-state index contributed by atoms with van der Waals surface area (Å²) >= 11 is 0. The van der Waals surface area contributed by atoms with Crippen molar-refractivity contribution in [2.75, 3.05) is 0 Å². The molecular weight excluding hydrogens is 280 g/mol.